The predicted molar refractivity (Wildman–Crippen MR) is 129 cm³/mol. The summed E-state index contributed by atoms with van der Waals surface area (Å²) in [4.78, 5) is 30.7. The summed E-state index contributed by atoms with van der Waals surface area (Å²) in [7, 11) is 0. The number of aryl methyl sites for hydroxylation is 2. The summed E-state index contributed by atoms with van der Waals surface area (Å²) in [6.07, 6.45) is 0. The second kappa shape index (κ2) is 7.97. The second-order valence-corrected chi connectivity index (χ2v) is 9.43. The van der Waals surface area contributed by atoms with Gasteiger partial charge in [0.1, 0.15) is 5.54 Å². The van der Waals surface area contributed by atoms with E-state index in [9.17, 15) is 9.59 Å². The fraction of sp³-hybridized carbons (Fsp3) is 0.231. The largest absolute Gasteiger partial charge is 0.304 e. The molecule has 0 radical (unpaired) electrons. The van der Waals surface area contributed by atoms with Crippen molar-refractivity contribution >= 4 is 39.1 Å². The van der Waals surface area contributed by atoms with Crippen molar-refractivity contribution in [1.29, 1.82) is 0 Å². The van der Waals surface area contributed by atoms with Gasteiger partial charge in [0.15, 0.2) is 0 Å². The molecule has 0 saturated heterocycles. The van der Waals surface area contributed by atoms with E-state index in [1.165, 1.54) is 5.56 Å². The highest BCUT2D eigenvalue weighted by molar-refractivity contribution is 9.10. The molecule has 0 N–H and O–H groups in total. The van der Waals surface area contributed by atoms with Gasteiger partial charge in [0, 0.05) is 10.0 Å². The van der Waals surface area contributed by atoms with Crippen molar-refractivity contribution in [3.63, 3.8) is 0 Å². The first-order valence-corrected chi connectivity index (χ1v) is 11.1. The van der Waals surface area contributed by atoms with E-state index in [0.717, 1.165) is 27.0 Å². The van der Waals surface area contributed by atoms with Crippen molar-refractivity contribution in [1.82, 2.24) is 0 Å². The quantitative estimate of drug-likeness (QED) is 0.462. The number of halogens is 1. The lowest BCUT2D eigenvalue weighted by molar-refractivity contribution is -0.123. The number of rotatable bonds is 3. The van der Waals surface area contributed by atoms with Crippen LogP contribution in [-0.4, -0.2) is 17.4 Å². The minimum absolute atomic E-state index is 0.100. The molecule has 4 nitrogen and oxygen atoms in total. The first-order chi connectivity index (χ1) is 14.7. The number of benzene rings is 3. The smallest absolute Gasteiger partial charge is 0.259 e. The molecule has 0 bridgehead atoms. The van der Waals surface area contributed by atoms with Crippen LogP contribution in [0, 0.1) is 13.8 Å². The maximum atomic E-state index is 13.7. The fourth-order valence-electron chi connectivity index (χ4n) is 4.15. The van der Waals surface area contributed by atoms with Crippen molar-refractivity contribution < 1.29 is 9.59 Å². The van der Waals surface area contributed by atoms with E-state index in [0.29, 0.717) is 12.1 Å². The minimum atomic E-state index is -1.03. The van der Waals surface area contributed by atoms with E-state index < -0.39 is 5.54 Å². The van der Waals surface area contributed by atoms with Gasteiger partial charge in [-0.25, -0.2) is 0 Å². The standard InChI is InChI=1S/C26H25BrN2O2/c1-17-9-10-20(18(2)15-17)16-28-22-7-5-6-8-23(22)29(26(3,4)25(28)31)24(30)19-11-13-21(27)14-12-19/h5-15H,16H2,1-4H3. The van der Waals surface area contributed by atoms with Gasteiger partial charge in [0.2, 0.25) is 0 Å². The third kappa shape index (κ3) is 3.79. The molecule has 31 heavy (non-hydrogen) atoms. The van der Waals surface area contributed by atoms with Gasteiger partial charge >= 0.3 is 0 Å². The molecule has 0 saturated carbocycles. The van der Waals surface area contributed by atoms with Crippen LogP contribution < -0.4 is 9.80 Å². The number of anilines is 2. The number of hydrogen-bond acceptors (Lipinski definition) is 2. The van der Waals surface area contributed by atoms with Crippen molar-refractivity contribution in [3.8, 4) is 0 Å². The van der Waals surface area contributed by atoms with Gasteiger partial charge in [-0.2, -0.15) is 0 Å². The zero-order valence-corrected chi connectivity index (χ0v) is 19.7. The number of fused-ring (bicyclic) bond motifs is 1. The van der Waals surface area contributed by atoms with Gasteiger partial charge in [-0.1, -0.05) is 51.8 Å². The molecule has 5 heteroatoms. The van der Waals surface area contributed by atoms with Crippen LogP contribution in [0.3, 0.4) is 0 Å². The molecular formula is C26H25BrN2O2. The molecule has 0 atom stereocenters. The van der Waals surface area contributed by atoms with Crippen molar-refractivity contribution in [2.75, 3.05) is 9.80 Å². The van der Waals surface area contributed by atoms with Crippen molar-refractivity contribution in [2.45, 2.75) is 39.8 Å². The molecular weight excluding hydrogens is 452 g/mol. The van der Waals surface area contributed by atoms with Crippen LogP contribution in [0.2, 0.25) is 0 Å². The monoisotopic (exact) mass is 476 g/mol. The number of para-hydroxylation sites is 2. The maximum absolute atomic E-state index is 13.7. The van der Waals surface area contributed by atoms with Crippen LogP contribution in [-0.2, 0) is 11.3 Å². The molecule has 1 heterocycles. The normalized spacial score (nSPS) is 15.1. The fourth-order valence-corrected chi connectivity index (χ4v) is 4.42. The average Bonchev–Trinajstić information content (AvgIpc) is 2.73. The van der Waals surface area contributed by atoms with E-state index in [2.05, 4.69) is 48.0 Å². The first kappa shape index (κ1) is 21.3. The zero-order valence-electron chi connectivity index (χ0n) is 18.1. The number of carbonyl (C=O) groups is 2. The summed E-state index contributed by atoms with van der Waals surface area (Å²) < 4.78 is 0.901. The number of carbonyl (C=O) groups excluding carboxylic acids is 2. The van der Waals surface area contributed by atoms with Gasteiger partial charge in [-0.3, -0.25) is 14.5 Å². The Hall–Kier alpha value is -2.92. The van der Waals surface area contributed by atoms with Crippen LogP contribution in [0.25, 0.3) is 0 Å². The Morgan fingerprint density at radius 2 is 1.58 bits per heavy atom. The number of nitrogens with zero attached hydrogens (tertiary/aromatic N) is 2. The van der Waals surface area contributed by atoms with Gasteiger partial charge in [-0.05, 0) is 75.2 Å². The summed E-state index contributed by atoms with van der Waals surface area (Å²) in [5.41, 5.74) is 4.44. The molecule has 3 aromatic carbocycles. The first-order valence-electron chi connectivity index (χ1n) is 10.3. The van der Waals surface area contributed by atoms with Gasteiger partial charge in [-0.15, -0.1) is 0 Å². The molecule has 2 amide bonds. The molecule has 0 aliphatic carbocycles. The van der Waals surface area contributed by atoms with Crippen molar-refractivity contribution in [2.24, 2.45) is 0 Å². The lowest BCUT2D eigenvalue weighted by Crippen LogP contribution is -2.62. The highest BCUT2D eigenvalue weighted by Crippen LogP contribution is 2.42. The SMILES string of the molecule is Cc1ccc(CN2C(=O)C(C)(C)N(C(=O)c3ccc(Br)cc3)c3ccccc32)c(C)c1. The molecule has 0 aromatic heterocycles. The highest BCUT2D eigenvalue weighted by Gasteiger charge is 2.47. The molecule has 0 unspecified atom stereocenters. The Bertz CT molecular complexity index is 1170. The summed E-state index contributed by atoms with van der Waals surface area (Å²) in [6, 6.07) is 21.1. The van der Waals surface area contributed by atoms with E-state index >= 15 is 0 Å². The van der Waals surface area contributed by atoms with E-state index in [1.807, 2.05) is 50.2 Å². The number of hydrogen-bond donors (Lipinski definition) is 0. The van der Waals surface area contributed by atoms with Gasteiger partial charge in [0.25, 0.3) is 11.8 Å². The Labute approximate surface area is 191 Å². The van der Waals surface area contributed by atoms with Crippen LogP contribution in [0.4, 0.5) is 11.4 Å². The van der Waals surface area contributed by atoms with Crippen molar-refractivity contribution in [3.05, 3.63) is 93.5 Å². The third-order valence-corrected chi connectivity index (χ3v) is 6.39. The molecule has 4 rings (SSSR count). The average molecular weight is 477 g/mol. The highest BCUT2D eigenvalue weighted by atomic mass is 79.9. The van der Waals surface area contributed by atoms with Crippen LogP contribution in [0.1, 0.15) is 40.9 Å². The Balaban J connectivity index is 1.80. The summed E-state index contributed by atoms with van der Waals surface area (Å²) in [6.45, 7) is 8.23. The van der Waals surface area contributed by atoms with E-state index in [4.69, 9.17) is 0 Å². The van der Waals surface area contributed by atoms with Gasteiger partial charge < -0.3 is 4.90 Å². The lowest BCUT2D eigenvalue weighted by atomic mass is 9.92. The topological polar surface area (TPSA) is 40.6 Å². The maximum Gasteiger partial charge on any atom is 0.259 e. The van der Waals surface area contributed by atoms with Crippen LogP contribution in [0.15, 0.2) is 71.2 Å². The summed E-state index contributed by atoms with van der Waals surface area (Å²) in [5.74, 6) is -0.291. The summed E-state index contributed by atoms with van der Waals surface area (Å²) >= 11 is 3.41. The molecule has 3 aromatic rings. The second-order valence-electron chi connectivity index (χ2n) is 8.52. The van der Waals surface area contributed by atoms with Crippen LogP contribution >= 0.6 is 15.9 Å². The molecule has 0 fully saturated rings. The number of amides is 2. The van der Waals surface area contributed by atoms with E-state index in [-0.39, 0.29) is 11.8 Å². The zero-order chi connectivity index (χ0) is 22.3. The molecule has 0 spiro atoms. The Kier molecular flexibility index (Phi) is 5.48. The Morgan fingerprint density at radius 1 is 0.935 bits per heavy atom. The third-order valence-electron chi connectivity index (χ3n) is 5.86. The van der Waals surface area contributed by atoms with Crippen LogP contribution in [0.5, 0.6) is 0 Å². The molecule has 1 aliphatic rings. The predicted octanol–water partition coefficient (Wildman–Crippen LogP) is 6.04. The van der Waals surface area contributed by atoms with E-state index in [1.54, 1.807) is 21.9 Å². The minimum Gasteiger partial charge on any atom is -0.304 e. The van der Waals surface area contributed by atoms with Gasteiger partial charge in [0.05, 0.1) is 17.9 Å². The molecule has 1 aliphatic heterocycles. The Morgan fingerprint density at radius 3 is 2.23 bits per heavy atom. The summed E-state index contributed by atoms with van der Waals surface area (Å²) in [5, 5.41) is 0. The molecule has 158 valence electrons. The lowest BCUT2D eigenvalue weighted by Gasteiger charge is -2.46.